The maximum Gasteiger partial charge on any atom is 0.326 e. The first kappa shape index (κ1) is 28.7. The zero-order valence-corrected chi connectivity index (χ0v) is 23.9. The molecule has 0 fully saturated rings. The number of carbonyl (C=O) groups is 1. The van der Waals surface area contributed by atoms with Crippen molar-refractivity contribution in [1.29, 1.82) is 0 Å². The number of unbranched alkanes of at least 4 members (excludes halogenated alkanes) is 1. The summed E-state index contributed by atoms with van der Waals surface area (Å²) in [6.07, 6.45) is 10.4. The zero-order valence-electron chi connectivity index (χ0n) is 22.3. The van der Waals surface area contributed by atoms with E-state index in [1.165, 1.54) is 5.56 Å². The van der Waals surface area contributed by atoms with Crippen molar-refractivity contribution >= 4 is 33.7 Å². The summed E-state index contributed by atoms with van der Waals surface area (Å²) in [5, 5.41) is 16.1. The molecule has 1 unspecified atom stereocenters. The van der Waals surface area contributed by atoms with Crippen molar-refractivity contribution in [2.24, 2.45) is 0 Å². The fraction of sp³-hybridized carbons (Fsp3) is 0.464. The van der Waals surface area contributed by atoms with Crippen molar-refractivity contribution in [1.82, 2.24) is 24.8 Å². The Morgan fingerprint density at radius 1 is 1.13 bits per heavy atom. The lowest BCUT2D eigenvalue weighted by atomic mass is 10.1. The number of aliphatic carboxylic acids is 1. The van der Waals surface area contributed by atoms with Crippen LogP contribution in [0.3, 0.4) is 0 Å². The Labute approximate surface area is 237 Å². The minimum absolute atomic E-state index is 0.291. The first-order valence-corrected chi connectivity index (χ1v) is 14.2. The Hall–Kier alpha value is -3.31. The lowest BCUT2D eigenvalue weighted by Crippen LogP contribution is -2.37. The first-order chi connectivity index (χ1) is 19.0. The highest BCUT2D eigenvalue weighted by atomic mass is 79.9. The number of pyridine rings is 2. The smallest absolute Gasteiger partial charge is 0.326 e. The van der Waals surface area contributed by atoms with Crippen LogP contribution in [0.25, 0.3) is 0 Å². The van der Waals surface area contributed by atoms with E-state index in [1.54, 1.807) is 18.6 Å². The molecule has 1 aliphatic rings. The molecule has 0 saturated heterocycles. The van der Waals surface area contributed by atoms with Gasteiger partial charge in [-0.05, 0) is 91.7 Å². The van der Waals surface area contributed by atoms with Gasteiger partial charge in [0, 0.05) is 43.4 Å². The second kappa shape index (κ2) is 14.7. The third-order valence-electron chi connectivity index (χ3n) is 6.63. The van der Waals surface area contributed by atoms with Crippen LogP contribution in [0.15, 0.2) is 47.3 Å². The number of hydrogen-bond acceptors (Lipinski definition) is 9. The molecule has 208 valence electrons. The topological polar surface area (TPSA) is 125 Å². The average Bonchev–Trinajstić information content (AvgIpc) is 2.94. The molecule has 0 aromatic carbocycles. The van der Waals surface area contributed by atoms with Crippen LogP contribution in [-0.2, 0) is 17.6 Å². The molecule has 11 heteroatoms. The fourth-order valence-electron chi connectivity index (χ4n) is 4.43. The summed E-state index contributed by atoms with van der Waals surface area (Å²) in [5.41, 5.74) is 3.35. The highest BCUT2D eigenvalue weighted by Gasteiger charge is 2.20. The second-order valence-corrected chi connectivity index (χ2v) is 10.6. The molecule has 10 nitrogen and oxygen atoms in total. The van der Waals surface area contributed by atoms with Crippen molar-refractivity contribution < 1.29 is 14.6 Å². The molecular weight excluding hydrogens is 562 g/mol. The maximum absolute atomic E-state index is 11.9. The molecule has 3 aromatic rings. The molecule has 3 aromatic heterocycles. The normalized spacial score (nSPS) is 13.4. The lowest BCUT2D eigenvalue weighted by molar-refractivity contribution is -0.138. The minimum atomic E-state index is -0.935. The molecule has 0 saturated carbocycles. The van der Waals surface area contributed by atoms with Crippen LogP contribution in [-0.4, -0.2) is 74.7 Å². The van der Waals surface area contributed by atoms with Crippen LogP contribution in [0, 0.1) is 6.92 Å². The molecule has 3 N–H and O–H groups in total. The number of halogens is 1. The van der Waals surface area contributed by atoms with E-state index >= 15 is 0 Å². The van der Waals surface area contributed by atoms with E-state index in [9.17, 15) is 9.90 Å². The van der Waals surface area contributed by atoms with Crippen molar-refractivity contribution in [3.8, 4) is 5.75 Å². The molecule has 0 amide bonds. The fourth-order valence-corrected chi connectivity index (χ4v) is 4.63. The Morgan fingerprint density at radius 2 is 1.97 bits per heavy atom. The van der Waals surface area contributed by atoms with Gasteiger partial charge in [0.05, 0.1) is 10.7 Å². The number of nitrogens with zero attached hydrogens (tertiary/aromatic N) is 5. The van der Waals surface area contributed by atoms with Gasteiger partial charge in [0.25, 0.3) is 0 Å². The van der Waals surface area contributed by atoms with E-state index in [-0.39, 0.29) is 0 Å². The van der Waals surface area contributed by atoms with E-state index < -0.39 is 12.0 Å². The molecule has 4 rings (SSSR count). The number of rotatable bonds is 15. The number of fused-ring (bicyclic) bond motifs is 1. The predicted octanol–water partition coefficient (Wildman–Crippen LogP) is 4.35. The van der Waals surface area contributed by atoms with E-state index in [0.29, 0.717) is 32.1 Å². The second-order valence-electron chi connectivity index (χ2n) is 9.67. The number of carboxylic acids is 1. The van der Waals surface area contributed by atoms with E-state index in [0.717, 1.165) is 72.6 Å². The summed E-state index contributed by atoms with van der Waals surface area (Å²) < 4.78 is 6.64. The standard InChI is InChI=1S/C28H36BrN7O3/c1-20-7-10-24(19-31-20)39-16-15-36(14-11-25(27(37)38)35-28-32-17-22(29)18-33-28)13-3-2-6-23-9-8-21-5-4-12-30-26(21)34-23/h7-10,17-19,25H,2-6,11-16H2,1H3,(H,30,34)(H,37,38)(H,32,33,35). The number of aromatic nitrogens is 4. The van der Waals surface area contributed by atoms with Crippen LogP contribution in [0.2, 0.25) is 0 Å². The van der Waals surface area contributed by atoms with Crippen LogP contribution in [0.1, 0.15) is 42.6 Å². The summed E-state index contributed by atoms with van der Waals surface area (Å²) in [6.45, 7) is 5.52. The Bertz CT molecular complexity index is 1190. The maximum atomic E-state index is 11.9. The van der Waals surface area contributed by atoms with Gasteiger partial charge in [0.15, 0.2) is 0 Å². The SMILES string of the molecule is Cc1ccc(OCCN(CCCCc2ccc3c(n2)NCCC3)CCC(Nc2ncc(Br)cn2)C(=O)O)cn1. The average molecular weight is 599 g/mol. The lowest BCUT2D eigenvalue weighted by Gasteiger charge is -2.24. The number of carboxylic acid groups (broad SMARTS) is 1. The Morgan fingerprint density at radius 3 is 2.74 bits per heavy atom. The molecule has 0 radical (unpaired) electrons. The highest BCUT2D eigenvalue weighted by Crippen LogP contribution is 2.20. The van der Waals surface area contributed by atoms with E-state index in [1.807, 2.05) is 19.1 Å². The number of hydrogen-bond donors (Lipinski definition) is 3. The molecule has 1 atom stereocenters. The minimum Gasteiger partial charge on any atom is -0.491 e. The van der Waals surface area contributed by atoms with Crippen LogP contribution in [0.4, 0.5) is 11.8 Å². The van der Waals surface area contributed by atoms with Gasteiger partial charge in [0.1, 0.15) is 24.2 Å². The van der Waals surface area contributed by atoms with Crippen molar-refractivity contribution in [3.63, 3.8) is 0 Å². The molecule has 39 heavy (non-hydrogen) atoms. The van der Waals surface area contributed by atoms with Gasteiger partial charge in [-0.15, -0.1) is 0 Å². The van der Waals surface area contributed by atoms with Crippen LogP contribution in [0.5, 0.6) is 5.75 Å². The van der Waals surface area contributed by atoms with E-state index in [4.69, 9.17) is 9.72 Å². The van der Waals surface area contributed by atoms with Gasteiger partial charge < -0.3 is 20.5 Å². The monoisotopic (exact) mass is 597 g/mol. The van der Waals surface area contributed by atoms with Gasteiger partial charge in [0.2, 0.25) is 5.95 Å². The van der Waals surface area contributed by atoms with Gasteiger partial charge in [-0.3, -0.25) is 9.88 Å². The summed E-state index contributed by atoms with van der Waals surface area (Å²) in [7, 11) is 0. The number of anilines is 2. The quantitative estimate of drug-likeness (QED) is 0.218. The first-order valence-electron chi connectivity index (χ1n) is 13.4. The number of ether oxygens (including phenoxy) is 1. The third kappa shape index (κ3) is 9.43. The molecule has 0 aliphatic carbocycles. The summed E-state index contributed by atoms with van der Waals surface area (Å²) in [6, 6.07) is 7.37. The van der Waals surface area contributed by atoms with Crippen LogP contribution >= 0.6 is 15.9 Å². The molecule has 0 spiro atoms. The molecule has 1 aliphatic heterocycles. The summed E-state index contributed by atoms with van der Waals surface area (Å²) >= 11 is 3.30. The number of aryl methyl sites for hydroxylation is 3. The third-order valence-corrected chi connectivity index (χ3v) is 7.03. The summed E-state index contributed by atoms with van der Waals surface area (Å²) in [4.78, 5) is 31.6. The van der Waals surface area contributed by atoms with Gasteiger partial charge >= 0.3 is 5.97 Å². The van der Waals surface area contributed by atoms with Crippen LogP contribution < -0.4 is 15.4 Å². The van der Waals surface area contributed by atoms with Crippen molar-refractivity contribution in [2.45, 2.75) is 51.5 Å². The predicted molar refractivity (Wildman–Crippen MR) is 154 cm³/mol. The molecule has 4 heterocycles. The molecular formula is C28H36BrN7O3. The van der Waals surface area contributed by atoms with Gasteiger partial charge in [-0.2, -0.15) is 0 Å². The molecule has 0 bridgehead atoms. The largest absolute Gasteiger partial charge is 0.491 e. The van der Waals surface area contributed by atoms with E-state index in [2.05, 4.69) is 58.5 Å². The van der Waals surface area contributed by atoms with Crippen molar-refractivity contribution in [3.05, 3.63) is 64.3 Å². The van der Waals surface area contributed by atoms with Gasteiger partial charge in [-0.25, -0.2) is 19.7 Å². The summed E-state index contributed by atoms with van der Waals surface area (Å²) in [5.74, 6) is 1.12. The Kier molecular flexibility index (Phi) is 10.8. The van der Waals surface area contributed by atoms with Gasteiger partial charge in [-0.1, -0.05) is 6.07 Å². The number of nitrogens with one attached hydrogen (secondary N) is 2. The van der Waals surface area contributed by atoms with Crippen molar-refractivity contribution in [2.75, 3.05) is 43.4 Å². The highest BCUT2D eigenvalue weighted by molar-refractivity contribution is 9.10. The zero-order chi connectivity index (χ0) is 27.5. The Balaban J connectivity index is 1.29.